The Balaban J connectivity index is 1.80. The van der Waals surface area contributed by atoms with Crippen LogP contribution in [0.25, 0.3) is 17.0 Å². The van der Waals surface area contributed by atoms with E-state index in [-0.39, 0.29) is 4.91 Å². The second kappa shape index (κ2) is 8.13. The molecule has 1 aliphatic rings. The lowest BCUT2D eigenvalue weighted by atomic mass is 10.1. The number of fused-ring (bicyclic) bond motifs is 1. The Morgan fingerprint density at radius 3 is 2.61 bits per heavy atom. The molecule has 3 amide bonds. The minimum Gasteiger partial charge on any atom is -0.368 e. The smallest absolute Gasteiger partial charge is 0.294 e. The van der Waals surface area contributed by atoms with Crippen LogP contribution in [0.1, 0.15) is 22.4 Å². The maximum Gasteiger partial charge on any atom is 0.294 e. The number of carbonyl (C=O) groups excluding carboxylic acids is 3. The van der Waals surface area contributed by atoms with Crippen LogP contribution in [-0.2, 0) is 16.1 Å². The summed E-state index contributed by atoms with van der Waals surface area (Å²) in [4.78, 5) is 37.1. The highest BCUT2D eigenvalue weighted by Gasteiger charge is 2.36. The molecule has 2 aromatic carbocycles. The molecule has 0 radical (unpaired) electrons. The monoisotopic (exact) mass is 430 g/mol. The van der Waals surface area contributed by atoms with E-state index in [0.717, 1.165) is 44.4 Å². The van der Waals surface area contributed by atoms with Gasteiger partial charge in [-0.2, -0.15) is 5.26 Å². The molecular formula is C23H18N4O3S. The number of imide groups is 1. The van der Waals surface area contributed by atoms with Crippen LogP contribution < -0.4 is 5.73 Å². The van der Waals surface area contributed by atoms with Gasteiger partial charge in [0.1, 0.15) is 6.54 Å². The number of nitrogens with zero attached hydrogens (tertiary/aromatic N) is 3. The summed E-state index contributed by atoms with van der Waals surface area (Å²) in [6.07, 6.45) is 1.69. The number of carbonyl (C=O) groups is 3. The van der Waals surface area contributed by atoms with Gasteiger partial charge in [0.25, 0.3) is 11.1 Å². The zero-order valence-corrected chi connectivity index (χ0v) is 17.5. The fraction of sp³-hybridized carbons (Fsp3) is 0.130. The number of amides is 3. The first-order chi connectivity index (χ1) is 14.9. The molecule has 2 heterocycles. The lowest BCUT2D eigenvalue weighted by Crippen LogP contribution is -2.36. The van der Waals surface area contributed by atoms with Gasteiger partial charge in [0.05, 0.1) is 16.5 Å². The molecule has 4 rings (SSSR count). The number of aromatic nitrogens is 1. The zero-order valence-electron chi connectivity index (χ0n) is 16.7. The summed E-state index contributed by atoms with van der Waals surface area (Å²) < 4.78 is 2.09. The summed E-state index contributed by atoms with van der Waals surface area (Å²) in [6, 6.07) is 17.4. The molecule has 8 heteroatoms. The van der Waals surface area contributed by atoms with E-state index in [1.54, 1.807) is 12.1 Å². The third-order valence-corrected chi connectivity index (χ3v) is 6.12. The van der Waals surface area contributed by atoms with Crippen molar-refractivity contribution in [2.75, 3.05) is 6.54 Å². The summed E-state index contributed by atoms with van der Waals surface area (Å²) in [5.74, 6) is -1.27. The van der Waals surface area contributed by atoms with Crippen molar-refractivity contribution in [1.29, 1.82) is 5.26 Å². The van der Waals surface area contributed by atoms with Crippen LogP contribution in [0.4, 0.5) is 4.79 Å². The normalized spacial score (nSPS) is 15.1. The third-order valence-electron chi connectivity index (χ3n) is 5.21. The molecule has 1 aromatic heterocycles. The predicted molar refractivity (Wildman–Crippen MR) is 119 cm³/mol. The fourth-order valence-electron chi connectivity index (χ4n) is 3.70. The standard InChI is InChI=1S/C23H18N4O3S/c1-14-18(10-20-22(29)27(13-21(25)28)23(30)31-20)17-8-4-5-9-19(17)26(14)12-16-7-3-2-6-15(16)11-24/h2-10H,12-13H2,1H3,(H2,25,28)/b20-10-. The number of thioether (sulfide) groups is 1. The van der Waals surface area contributed by atoms with Crippen LogP contribution in [0.5, 0.6) is 0 Å². The summed E-state index contributed by atoms with van der Waals surface area (Å²) >= 11 is 0.794. The molecule has 7 nitrogen and oxygen atoms in total. The van der Waals surface area contributed by atoms with E-state index < -0.39 is 23.6 Å². The molecule has 0 spiro atoms. The predicted octanol–water partition coefficient (Wildman–Crippen LogP) is 3.39. The molecule has 0 bridgehead atoms. The molecule has 154 valence electrons. The van der Waals surface area contributed by atoms with Crippen LogP contribution >= 0.6 is 11.8 Å². The van der Waals surface area contributed by atoms with Gasteiger partial charge in [-0.05, 0) is 42.5 Å². The van der Waals surface area contributed by atoms with Gasteiger partial charge >= 0.3 is 0 Å². The maximum absolute atomic E-state index is 12.6. The Labute approximate surface area is 182 Å². The number of primary amides is 1. The maximum atomic E-state index is 12.6. The van der Waals surface area contributed by atoms with Crippen molar-refractivity contribution < 1.29 is 14.4 Å². The molecule has 1 fully saturated rings. The Bertz CT molecular complexity index is 1320. The van der Waals surface area contributed by atoms with E-state index in [0.29, 0.717) is 12.1 Å². The molecule has 0 unspecified atom stereocenters. The van der Waals surface area contributed by atoms with Crippen LogP contribution in [-0.4, -0.2) is 33.1 Å². The molecule has 2 N–H and O–H groups in total. The van der Waals surface area contributed by atoms with Crippen molar-refractivity contribution in [3.8, 4) is 6.07 Å². The van der Waals surface area contributed by atoms with Gasteiger partial charge in [0, 0.05) is 28.7 Å². The van der Waals surface area contributed by atoms with Crippen molar-refractivity contribution >= 4 is 45.8 Å². The van der Waals surface area contributed by atoms with Gasteiger partial charge in [-0.25, -0.2) is 0 Å². The highest BCUT2D eigenvalue weighted by Crippen LogP contribution is 2.35. The number of para-hydroxylation sites is 1. The van der Waals surface area contributed by atoms with E-state index in [1.807, 2.05) is 49.4 Å². The minimum absolute atomic E-state index is 0.245. The Hall–Kier alpha value is -3.83. The van der Waals surface area contributed by atoms with E-state index in [9.17, 15) is 19.6 Å². The first-order valence-electron chi connectivity index (χ1n) is 9.50. The minimum atomic E-state index is -0.743. The number of hydrogen-bond donors (Lipinski definition) is 1. The van der Waals surface area contributed by atoms with E-state index in [2.05, 4.69) is 10.6 Å². The lowest BCUT2D eigenvalue weighted by molar-refractivity contribution is -0.127. The Morgan fingerprint density at radius 2 is 1.87 bits per heavy atom. The number of nitriles is 1. The average Bonchev–Trinajstić information content (AvgIpc) is 3.17. The highest BCUT2D eigenvalue weighted by atomic mass is 32.2. The second-order valence-electron chi connectivity index (χ2n) is 7.11. The molecule has 0 saturated carbocycles. The van der Waals surface area contributed by atoms with Crippen molar-refractivity contribution in [2.24, 2.45) is 5.73 Å². The van der Waals surface area contributed by atoms with Gasteiger partial charge in [-0.1, -0.05) is 36.4 Å². The number of rotatable bonds is 5. The van der Waals surface area contributed by atoms with Crippen LogP contribution in [0.2, 0.25) is 0 Å². The van der Waals surface area contributed by atoms with Crippen LogP contribution in [0.15, 0.2) is 53.4 Å². The van der Waals surface area contributed by atoms with Gasteiger partial charge in [0.15, 0.2) is 0 Å². The SMILES string of the molecule is Cc1c(/C=C2\SC(=O)N(CC(N)=O)C2=O)c2ccccc2n1Cc1ccccc1C#N. The zero-order chi connectivity index (χ0) is 22.1. The van der Waals surface area contributed by atoms with E-state index in [1.165, 1.54) is 0 Å². The summed E-state index contributed by atoms with van der Waals surface area (Å²) in [5, 5.41) is 9.85. The van der Waals surface area contributed by atoms with Crippen LogP contribution in [0, 0.1) is 18.3 Å². The van der Waals surface area contributed by atoms with Crippen molar-refractivity contribution in [3.05, 3.63) is 75.8 Å². The lowest BCUT2D eigenvalue weighted by Gasteiger charge is -2.10. The summed E-state index contributed by atoms with van der Waals surface area (Å²) in [6.45, 7) is 2.00. The first-order valence-corrected chi connectivity index (χ1v) is 10.3. The van der Waals surface area contributed by atoms with Gasteiger partial charge in [0.2, 0.25) is 5.91 Å². The summed E-state index contributed by atoms with van der Waals surface area (Å²) in [5.41, 5.74) is 9.32. The summed E-state index contributed by atoms with van der Waals surface area (Å²) in [7, 11) is 0. The molecule has 0 aliphatic carbocycles. The first kappa shape index (κ1) is 20.4. The Morgan fingerprint density at radius 1 is 1.16 bits per heavy atom. The Kier molecular flexibility index (Phi) is 5.36. The molecule has 31 heavy (non-hydrogen) atoms. The van der Waals surface area contributed by atoms with Gasteiger partial charge < -0.3 is 10.3 Å². The third kappa shape index (κ3) is 3.71. The van der Waals surface area contributed by atoms with Crippen molar-refractivity contribution in [3.63, 3.8) is 0 Å². The van der Waals surface area contributed by atoms with Gasteiger partial charge in [-0.15, -0.1) is 0 Å². The molecule has 1 saturated heterocycles. The second-order valence-corrected chi connectivity index (χ2v) is 8.10. The number of hydrogen-bond acceptors (Lipinski definition) is 5. The van der Waals surface area contributed by atoms with E-state index >= 15 is 0 Å². The largest absolute Gasteiger partial charge is 0.368 e. The highest BCUT2D eigenvalue weighted by molar-refractivity contribution is 8.18. The molecule has 0 atom stereocenters. The number of nitrogens with two attached hydrogens (primary N) is 1. The van der Waals surface area contributed by atoms with E-state index in [4.69, 9.17) is 5.73 Å². The molecule has 1 aliphatic heterocycles. The molecular weight excluding hydrogens is 412 g/mol. The quantitative estimate of drug-likeness (QED) is 0.624. The van der Waals surface area contributed by atoms with Gasteiger partial charge in [-0.3, -0.25) is 19.3 Å². The van der Waals surface area contributed by atoms with Crippen molar-refractivity contribution in [1.82, 2.24) is 9.47 Å². The average molecular weight is 430 g/mol. The number of benzene rings is 2. The van der Waals surface area contributed by atoms with Crippen molar-refractivity contribution in [2.45, 2.75) is 13.5 Å². The topological polar surface area (TPSA) is 109 Å². The fourth-order valence-corrected chi connectivity index (χ4v) is 4.52. The molecule has 3 aromatic rings. The van der Waals surface area contributed by atoms with Crippen LogP contribution in [0.3, 0.4) is 0 Å².